The van der Waals surface area contributed by atoms with Gasteiger partial charge in [0.15, 0.2) is 5.69 Å². The van der Waals surface area contributed by atoms with Gasteiger partial charge in [0, 0.05) is 13.1 Å². The minimum absolute atomic E-state index is 0.306. The van der Waals surface area contributed by atoms with Crippen LogP contribution in [-0.4, -0.2) is 40.2 Å². The zero-order valence-corrected chi connectivity index (χ0v) is 14.5. The predicted molar refractivity (Wildman–Crippen MR) is 91.0 cm³/mol. The molecule has 1 aliphatic rings. The molecule has 5 nitrogen and oxygen atoms in total. The van der Waals surface area contributed by atoms with E-state index >= 15 is 0 Å². The molecular formula is C18H21F3N4O. The number of carbonyl (C=O) groups excluding carboxylic acids is 1. The van der Waals surface area contributed by atoms with E-state index < -0.39 is 23.3 Å². The lowest BCUT2D eigenvalue weighted by molar-refractivity contribution is -0.143. The number of carbonyl (C=O) groups is 1. The van der Waals surface area contributed by atoms with Crippen LogP contribution in [-0.2, 0) is 6.18 Å². The summed E-state index contributed by atoms with van der Waals surface area (Å²) in [5.74, 6) is -0.316. The molecule has 140 valence electrons. The summed E-state index contributed by atoms with van der Waals surface area (Å²) in [7, 11) is 0. The molecule has 2 aromatic rings. The highest BCUT2D eigenvalue weighted by atomic mass is 19.4. The lowest BCUT2D eigenvalue weighted by atomic mass is 9.96. The maximum absolute atomic E-state index is 13.8. The SMILES string of the molecule is Cc1ccccc1-n1ncc(C(=O)N2CCC(CN)CC2)c1C(F)(F)F. The van der Waals surface area contributed by atoms with Gasteiger partial charge in [0.2, 0.25) is 0 Å². The Morgan fingerprint density at radius 2 is 1.92 bits per heavy atom. The fourth-order valence-corrected chi connectivity index (χ4v) is 3.30. The van der Waals surface area contributed by atoms with Crippen LogP contribution in [0.5, 0.6) is 0 Å². The van der Waals surface area contributed by atoms with Gasteiger partial charge in [0.05, 0.1) is 17.4 Å². The number of aromatic nitrogens is 2. The van der Waals surface area contributed by atoms with Crippen molar-refractivity contribution in [1.29, 1.82) is 0 Å². The van der Waals surface area contributed by atoms with Gasteiger partial charge in [0.25, 0.3) is 5.91 Å². The molecule has 2 heterocycles. The lowest BCUT2D eigenvalue weighted by Gasteiger charge is -2.31. The minimum atomic E-state index is -4.70. The number of halogens is 3. The quantitative estimate of drug-likeness (QED) is 0.908. The summed E-state index contributed by atoms with van der Waals surface area (Å²) in [5.41, 5.74) is 5.14. The third kappa shape index (κ3) is 3.46. The summed E-state index contributed by atoms with van der Waals surface area (Å²) in [4.78, 5) is 14.2. The van der Waals surface area contributed by atoms with Crippen molar-refractivity contribution in [2.75, 3.05) is 19.6 Å². The average Bonchev–Trinajstić information content (AvgIpc) is 3.07. The minimum Gasteiger partial charge on any atom is -0.339 e. The van der Waals surface area contributed by atoms with Gasteiger partial charge in [-0.1, -0.05) is 18.2 Å². The Morgan fingerprint density at radius 3 is 2.50 bits per heavy atom. The normalized spacial score (nSPS) is 16.1. The maximum Gasteiger partial charge on any atom is 0.434 e. The Hall–Kier alpha value is -2.35. The van der Waals surface area contributed by atoms with Crippen molar-refractivity contribution in [2.45, 2.75) is 25.9 Å². The fraction of sp³-hybridized carbons (Fsp3) is 0.444. The molecule has 0 spiro atoms. The number of hydrogen-bond donors (Lipinski definition) is 1. The van der Waals surface area contributed by atoms with Gasteiger partial charge in [-0.05, 0) is 43.9 Å². The number of nitrogens with zero attached hydrogens (tertiary/aromatic N) is 3. The monoisotopic (exact) mass is 366 g/mol. The van der Waals surface area contributed by atoms with E-state index in [1.807, 2.05) is 0 Å². The first-order chi connectivity index (χ1) is 12.3. The van der Waals surface area contributed by atoms with Gasteiger partial charge in [0.1, 0.15) is 0 Å². The van der Waals surface area contributed by atoms with E-state index in [1.54, 1.807) is 31.2 Å². The number of benzene rings is 1. The van der Waals surface area contributed by atoms with E-state index in [1.165, 1.54) is 4.90 Å². The smallest absolute Gasteiger partial charge is 0.339 e. The molecule has 1 aromatic heterocycles. The molecule has 0 atom stereocenters. The van der Waals surface area contributed by atoms with Crippen molar-refractivity contribution in [3.8, 4) is 5.69 Å². The number of aryl methyl sites for hydroxylation is 1. The molecule has 1 saturated heterocycles. The Morgan fingerprint density at radius 1 is 1.27 bits per heavy atom. The Bertz CT molecular complexity index is 792. The largest absolute Gasteiger partial charge is 0.434 e. The number of amides is 1. The number of hydrogen-bond acceptors (Lipinski definition) is 3. The fourth-order valence-electron chi connectivity index (χ4n) is 3.30. The second-order valence-electron chi connectivity index (χ2n) is 6.57. The number of piperidine rings is 1. The Labute approximate surface area is 149 Å². The molecule has 1 aliphatic heterocycles. The first-order valence-electron chi connectivity index (χ1n) is 8.53. The van der Waals surface area contributed by atoms with Crippen LogP contribution in [0.25, 0.3) is 5.69 Å². The average molecular weight is 366 g/mol. The Balaban J connectivity index is 1.98. The summed E-state index contributed by atoms with van der Waals surface area (Å²) in [6.45, 7) is 3.05. The van der Waals surface area contributed by atoms with E-state index in [-0.39, 0.29) is 0 Å². The van der Waals surface area contributed by atoms with Gasteiger partial charge in [-0.15, -0.1) is 0 Å². The molecule has 8 heteroatoms. The molecular weight excluding hydrogens is 345 g/mol. The van der Waals surface area contributed by atoms with Crippen LogP contribution >= 0.6 is 0 Å². The van der Waals surface area contributed by atoms with Crippen LogP contribution in [0.15, 0.2) is 30.5 Å². The molecule has 2 N–H and O–H groups in total. The number of alkyl halides is 3. The van der Waals surface area contributed by atoms with Gasteiger partial charge < -0.3 is 10.6 Å². The van der Waals surface area contributed by atoms with E-state index in [0.717, 1.165) is 10.9 Å². The molecule has 0 radical (unpaired) electrons. The van der Waals surface area contributed by atoms with E-state index in [2.05, 4.69) is 5.10 Å². The molecule has 26 heavy (non-hydrogen) atoms. The van der Waals surface area contributed by atoms with Crippen LogP contribution in [0.3, 0.4) is 0 Å². The number of rotatable bonds is 3. The molecule has 0 bridgehead atoms. The molecule has 0 saturated carbocycles. The number of likely N-dealkylation sites (tertiary alicyclic amines) is 1. The molecule has 0 aliphatic carbocycles. The van der Waals surface area contributed by atoms with Gasteiger partial charge >= 0.3 is 6.18 Å². The van der Waals surface area contributed by atoms with Crippen LogP contribution in [0.1, 0.15) is 34.5 Å². The van der Waals surface area contributed by atoms with E-state index in [9.17, 15) is 18.0 Å². The van der Waals surface area contributed by atoms with Gasteiger partial charge in [-0.3, -0.25) is 4.79 Å². The van der Waals surface area contributed by atoms with Crippen molar-refractivity contribution in [3.63, 3.8) is 0 Å². The zero-order valence-electron chi connectivity index (χ0n) is 14.5. The lowest BCUT2D eigenvalue weighted by Crippen LogP contribution is -2.40. The van der Waals surface area contributed by atoms with Gasteiger partial charge in [-0.25, -0.2) is 4.68 Å². The van der Waals surface area contributed by atoms with Crippen LogP contribution in [0, 0.1) is 12.8 Å². The highest BCUT2D eigenvalue weighted by Gasteiger charge is 2.41. The van der Waals surface area contributed by atoms with Crippen molar-refractivity contribution < 1.29 is 18.0 Å². The second-order valence-corrected chi connectivity index (χ2v) is 6.57. The molecule has 3 rings (SSSR count). The topological polar surface area (TPSA) is 64.2 Å². The predicted octanol–water partition coefficient (Wildman–Crippen LogP) is 3.01. The molecule has 0 unspecified atom stereocenters. The van der Waals surface area contributed by atoms with Crippen LogP contribution in [0.2, 0.25) is 0 Å². The van der Waals surface area contributed by atoms with E-state index in [4.69, 9.17) is 5.73 Å². The van der Waals surface area contributed by atoms with Crippen molar-refractivity contribution in [1.82, 2.24) is 14.7 Å². The van der Waals surface area contributed by atoms with E-state index in [0.29, 0.717) is 49.6 Å². The first kappa shape index (κ1) is 18.4. The van der Waals surface area contributed by atoms with Gasteiger partial charge in [-0.2, -0.15) is 18.3 Å². The summed E-state index contributed by atoms with van der Waals surface area (Å²) in [6.07, 6.45) is -2.27. The van der Waals surface area contributed by atoms with Crippen LogP contribution in [0.4, 0.5) is 13.2 Å². The third-order valence-electron chi connectivity index (χ3n) is 4.85. The van der Waals surface area contributed by atoms with Crippen molar-refractivity contribution >= 4 is 5.91 Å². The highest BCUT2D eigenvalue weighted by molar-refractivity contribution is 5.95. The maximum atomic E-state index is 13.8. The zero-order chi connectivity index (χ0) is 18.9. The number of para-hydroxylation sites is 1. The summed E-state index contributed by atoms with van der Waals surface area (Å²) >= 11 is 0. The first-order valence-corrected chi connectivity index (χ1v) is 8.53. The van der Waals surface area contributed by atoms with Crippen LogP contribution < -0.4 is 5.73 Å². The molecule has 1 aromatic carbocycles. The standard InChI is InChI=1S/C18H21F3N4O/c1-12-4-2-3-5-15(12)25-16(18(19,20)21)14(11-23-25)17(26)24-8-6-13(10-22)7-9-24/h2-5,11,13H,6-10,22H2,1H3. The Kier molecular flexibility index (Phi) is 5.04. The summed E-state index contributed by atoms with van der Waals surface area (Å²) in [6, 6.07) is 6.64. The third-order valence-corrected chi connectivity index (χ3v) is 4.85. The van der Waals surface area contributed by atoms with Crippen molar-refractivity contribution in [3.05, 3.63) is 47.3 Å². The molecule has 1 amide bonds. The number of nitrogens with two attached hydrogens (primary N) is 1. The summed E-state index contributed by atoms with van der Waals surface area (Å²) < 4.78 is 42.1. The molecule has 1 fully saturated rings. The summed E-state index contributed by atoms with van der Waals surface area (Å²) in [5, 5.41) is 3.89. The second kappa shape index (κ2) is 7.11. The van der Waals surface area contributed by atoms with Crippen molar-refractivity contribution in [2.24, 2.45) is 11.7 Å². The highest BCUT2D eigenvalue weighted by Crippen LogP contribution is 2.35.